The first-order chi connectivity index (χ1) is 9.45. The molecule has 1 fully saturated rings. The minimum atomic E-state index is -0.433. The van der Waals surface area contributed by atoms with Crippen LogP contribution in [0.1, 0.15) is 56.8 Å². The molecule has 1 spiro atoms. The van der Waals surface area contributed by atoms with Gasteiger partial charge < -0.3 is 14.6 Å². The summed E-state index contributed by atoms with van der Waals surface area (Å²) in [5.41, 5.74) is 1.68. The first-order valence-electron chi connectivity index (χ1n) is 7.57. The number of hydrogen-bond donors (Lipinski definition) is 1. The number of aliphatic hydroxyl groups excluding tert-OH is 1. The lowest BCUT2D eigenvalue weighted by Gasteiger charge is -2.49. The summed E-state index contributed by atoms with van der Waals surface area (Å²) in [6, 6.07) is 6.07. The Balaban J connectivity index is 1.92. The molecule has 2 aliphatic heterocycles. The van der Waals surface area contributed by atoms with E-state index < -0.39 is 6.10 Å². The van der Waals surface area contributed by atoms with Crippen molar-refractivity contribution in [1.29, 1.82) is 0 Å². The highest BCUT2D eigenvalue weighted by Gasteiger charge is 2.48. The van der Waals surface area contributed by atoms with Crippen LogP contribution in [0, 0.1) is 6.92 Å². The molecule has 1 saturated heterocycles. The van der Waals surface area contributed by atoms with E-state index in [9.17, 15) is 5.11 Å². The van der Waals surface area contributed by atoms with Gasteiger partial charge in [-0.05, 0) is 32.4 Å². The highest BCUT2D eigenvalue weighted by Crippen LogP contribution is 2.47. The minimum absolute atomic E-state index is 0.139. The third kappa shape index (κ3) is 2.33. The van der Waals surface area contributed by atoms with E-state index in [0.717, 1.165) is 36.1 Å². The zero-order chi connectivity index (χ0) is 14.4. The summed E-state index contributed by atoms with van der Waals surface area (Å²) in [7, 11) is 0. The van der Waals surface area contributed by atoms with Gasteiger partial charge in [-0.15, -0.1) is 0 Å². The topological polar surface area (TPSA) is 38.7 Å². The fraction of sp³-hybridized carbons (Fsp3) is 0.647. The lowest BCUT2D eigenvalue weighted by molar-refractivity contribution is -0.160. The SMILES string of the molecule is CCC1(C)CC2(CCO1)C[C@@H](O)c1cc(C)ccc1O2. The van der Waals surface area contributed by atoms with Crippen molar-refractivity contribution in [1.82, 2.24) is 0 Å². The molecule has 3 rings (SSSR count). The van der Waals surface area contributed by atoms with Crippen LogP contribution >= 0.6 is 0 Å². The van der Waals surface area contributed by atoms with Crippen LogP contribution in [-0.2, 0) is 4.74 Å². The van der Waals surface area contributed by atoms with Gasteiger partial charge >= 0.3 is 0 Å². The lowest BCUT2D eigenvalue weighted by atomic mass is 9.76. The molecule has 3 heteroatoms. The molecule has 1 aromatic rings. The molecule has 0 saturated carbocycles. The van der Waals surface area contributed by atoms with Crippen LogP contribution in [0.2, 0.25) is 0 Å². The van der Waals surface area contributed by atoms with Crippen molar-refractivity contribution in [2.45, 2.75) is 63.8 Å². The molecular weight excluding hydrogens is 252 g/mol. The smallest absolute Gasteiger partial charge is 0.125 e. The molecule has 0 radical (unpaired) electrons. The van der Waals surface area contributed by atoms with Crippen LogP contribution in [0.4, 0.5) is 0 Å². The second-order valence-corrected chi connectivity index (χ2v) is 6.62. The number of hydrogen-bond acceptors (Lipinski definition) is 3. The third-order valence-corrected chi connectivity index (χ3v) is 4.87. The number of aryl methyl sites for hydroxylation is 1. The van der Waals surface area contributed by atoms with Gasteiger partial charge in [0.1, 0.15) is 11.4 Å². The van der Waals surface area contributed by atoms with E-state index in [4.69, 9.17) is 9.47 Å². The first kappa shape index (κ1) is 13.9. The van der Waals surface area contributed by atoms with Crippen LogP contribution in [-0.4, -0.2) is 22.9 Å². The summed E-state index contributed by atoms with van der Waals surface area (Å²) >= 11 is 0. The summed E-state index contributed by atoms with van der Waals surface area (Å²) in [6.07, 6.45) is 2.91. The van der Waals surface area contributed by atoms with Gasteiger partial charge in [-0.2, -0.15) is 0 Å². The van der Waals surface area contributed by atoms with Gasteiger partial charge in [-0.25, -0.2) is 0 Å². The van der Waals surface area contributed by atoms with Crippen LogP contribution in [0.5, 0.6) is 5.75 Å². The summed E-state index contributed by atoms with van der Waals surface area (Å²) in [4.78, 5) is 0. The summed E-state index contributed by atoms with van der Waals surface area (Å²) in [5, 5.41) is 10.5. The molecule has 0 amide bonds. The van der Waals surface area contributed by atoms with E-state index in [1.165, 1.54) is 0 Å². The van der Waals surface area contributed by atoms with Crippen LogP contribution in [0.3, 0.4) is 0 Å². The Morgan fingerprint density at radius 2 is 2.20 bits per heavy atom. The summed E-state index contributed by atoms with van der Waals surface area (Å²) in [5.74, 6) is 0.842. The maximum Gasteiger partial charge on any atom is 0.125 e. The fourth-order valence-electron chi connectivity index (χ4n) is 3.55. The first-order valence-corrected chi connectivity index (χ1v) is 7.57. The minimum Gasteiger partial charge on any atom is -0.487 e. The van der Waals surface area contributed by atoms with Crippen LogP contribution in [0.25, 0.3) is 0 Å². The highest BCUT2D eigenvalue weighted by molar-refractivity contribution is 5.41. The molecule has 2 aliphatic rings. The second kappa shape index (κ2) is 4.74. The molecule has 110 valence electrons. The number of rotatable bonds is 1. The maximum atomic E-state index is 10.5. The Morgan fingerprint density at radius 1 is 1.40 bits per heavy atom. The molecule has 0 bridgehead atoms. The summed E-state index contributed by atoms with van der Waals surface area (Å²) < 4.78 is 12.3. The van der Waals surface area contributed by atoms with Gasteiger partial charge in [0.05, 0.1) is 18.3 Å². The molecule has 3 nitrogen and oxygen atoms in total. The van der Waals surface area contributed by atoms with Crippen molar-refractivity contribution in [3.05, 3.63) is 29.3 Å². The van der Waals surface area contributed by atoms with Crippen molar-refractivity contribution in [3.8, 4) is 5.75 Å². The molecule has 2 unspecified atom stereocenters. The van der Waals surface area contributed by atoms with E-state index in [0.29, 0.717) is 13.0 Å². The van der Waals surface area contributed by atoms with Gasteiger partial charge in [0, 0.05) is 24.8 Å². The predicted octanol–water partition coefficient (Wildman–Crippen LogP) is 3.53. The van der Waals surface area contributed by atoms with E-state index >= 15 is 0 Å². The Bertz CT molecular complexity index is 513. The van der Waals surface area contributed by atoms with Gasteiger partial charge in [0.15, 0.2) is 0 Å². The Hall–Kier alpha value is -1.06. The van der Waals surface area contributed by atoms with E-state index in [1.54, 1.807) is 0 Å². The third-order valence-electron chi connectivity index (χ3n) is 4.87. The fourth-order valence-corrected chi connectivity index (χ4v) is 3.55. The quantitative estimate of drug-likeness (QED) is 0.853. The van der Waals surface area contributed by atoms with Crippen molar-refractivity contribution in [3.63, 3.8) is 0 Å². The lowest BCUT2D eigenvalue weighted by Crippen LogP contribution is -2.52. The van der Waals surface area contributed by atoms with Crippen LogP contribution < -0.4 is 4.74 Å². The molecule has 20 heavy (non-hydrogen) atoms. The number of fused-ring (bicyclic) bond motifs is 1. The number of benzene rings is 1. The van der Waals surface area contributed by atoms with E-state index in [1.807, 2.05) is 25.1 Å². The second-order valence-electron chi connectivity index (χ2n) is 6.62. The van der Waals surface area contributed by atoms with Gasteiger partial charge in [-0.3, -0.25) is 0 Å². The largest absolute Gasteiger partial charge is 0.487 e. The Labute approximate surface area is 120 Å². The highest BCUT2D eigenvalue weighted by atomic mass is 16.5. The van der Waals surface area contributed by atoms with E-state index in [2.05, 4.69) is 13.8 Å². The molecular formula is C17H24O3. The zero-order valence-corrected chi connectivity index (χ0v) is 12.6. The van der Waals surface area contributed by atoms with Gasteiger partial charge in [-0.1, -0.05) is 18.6 Å². The van der Waals surface area contributed by atoms with Crippen molar-refractivity contribution < 1.29 is 14.6 Å². The van der Waals surface area contributed by atoms with Crippen molar-refractivity contribution in [2.24, 2.45) is 0 Å². The molecule has 2 heterocycles. The van der Waals surface area contributed by atoms with Crippen LogP contribution in [0.15, 0.2) is 18.2 Å². The number of ether oxygens (including phenoxy) is 2. The molecule has 0 aliphatic carbocycles. The number of aliphatic hydroxyl groups is 1. The Morgan fingerprint density at radius 3 is 2.95 bits per heavy atom. The Kier molecular flexibility index (Phi) is 3.30. The van der Waals surface area contributed by atoms with Crippen molar-refractivity contribution >= 4 is 0 Å². The average molecular weight is 276 g/mol. The standard InChI is InChI=1S/C17H24O3/c1-4-16(3)11-17(7-8-19-16)10-14(18)13-9-12(2)5-6-15(13)20-17/h5-6,9,14,18H,4,7-8,10-11H2,1-3H3/t14-,16?,17?/m1/s1. The zero-order valence-electron chi connectivity index (χ0n) is 12.6. The summed E-state index contributed by atoms with van der Waals surface area (Å²) in [6.45, 7) is 7.04. The monoisotopic (exact) mass is 276 g/mol. The van der Waals surface area contributed by atoms with Gasteiger partial charge in [0.2, 0.25) is 0 Å². The average Bonchev–Trinajstić information content (AvgIpc) is 2.40. The molecule has 0 aromatic heterocycles. The van der Waals surface area contributed by atoms with Crippen molar-refractivity contribution in [2.75, 3.05) is 6.61 Å². The molecule has 3 atom stereocenters. The van der Waals surface area contributed by atoms with Gasteiger partial charge in [0.25, 0.3) is 0 Å². The van der Waals surface area contributed by atoms with E-state index in [-0.39, 0.29) is 11.2 Å². The molecule has 1 aromatic carbocycles. The predicted molar refractivity (Wildman–Crippen MR) is 78.0 cm³/mol. The molecule has 1 N–H and O–H groups in total. The maximum absolute atomic E-state index is 10.5. The normalized spacial score (nSPS) is 36.5.